The number of rotatable bonds is 1. The van der Waals surface area contributed by atoms with Crippen LogP contribution in [0.25, 0.3) is 0 Å². The molecule has 1 aliphatic rings. The van der Waals surface area contributed by atoms with Crippen molar-refractivity contribution in [2.24, 2.45) is 0 Å². The lowest BCUT2D eigenvalue weighted by Crippen LogP contribution is -2.32. The van der Waals surface area contributed by atoms with E-state index in [1.165, 1.54) is 6.08 Å². The van der Waals surface area contributed by atoms with Crippen LogP contribution in [0, 0.1) is 0 Å². The maximum Gasteiger partial charge on any atom is 0.245 e. The number of hydrogen-bond donors (Lipinski definition) is 0. The molecule has 0 aromatic heterocycles. The Kier molecular flexibility index (Phi) is 3.42. The average molecular weight is 199 g/mol. The first-order valence-electron chi connectivity index (χ1n) is 4.60. The van der Waals surface area contributed by atoms with E-state index in [-0.39, 0.29) is 5.91 Å². The Balaban J connectivity index is 2.54. The van der Waals surface area contributed by atoms with Crippen molar-refractivity contribution >= 4 is 17.7 Å². The second-order valence-corrected chi connectivity index (χ2v) is 5.69. The number of amides is 1. The molecule has 0 aromatic rings. The largest absolute Gasteiger partial charge is 0.338 e. The van der Waals surface area contributed by atoms with Crippen LogP contribution in [0.1, 0.15) is 20.3 Å². The van der Waals surface area contributed by atoms with Crippen LogP contribution in [0.4, 0.5) is 0 Å². The second-order valence-electron chi connectivity index (χ2n) is 3.89. The van der Waals surface area contributed by atoms with Gasteiger partial charge in [-0.1, -0.05) is 20.4 Å². The molecule has 0 N–H and O–H groups in total. The third kappa shape index (κ3) is 3.07. The van der Waals surface area contributed by atoms with Crippen molar-refractivity contribution in [3.8, 4) is 0 Å². The molecule has 74 valence electrons. The van der Waals surface area contributed by atoms with Crippen LogP contribution in [0.2, 0.25) is 0 Å². The molecule has 1 heterocycles. The Bertz CT molecular complexity index is 213. The summed E-state index contributed by atoms with van der Waals surface area (Å²) in [6.07, 6.45) is 2.47. The van der Waals surface area contributed by atoms with E-state index in [1.54, 1.807) is 0 Å². The molecule has 1 saturated heterocycles. The van der Waals surface area contributed by atoms with Crippen molar-refractivity contribution in [3.63, 3.8) is 0 Å². The van der Waals surface area contributed by atoms with Gasteiger partial charge in [-0.3, -0.25) is 4.79 Å². The molecule has 0 spiro atoms. The van der Waals surface area contributed by atoms with Crippen LogP contribution < -0.4 is 0 Å². The van der Waals surface area contributed by atoms with E-state index >= 15 is 0 Å². The normalized spacial score (nSPS) is 22.2. The highest BCUT2D eigenvalue weighted by Crippen LogP contribution is 2.30. The summed E-state index contributed by atoms with van der Waals surface area (Å²) in [7, 11) is 0. The third-order valence-corrected chi connectivity index (χ3v) is 3.70. The monoisotopic (exact) mass is 199 g/mol. The van der Waals surface area contributed by atoms with Crippen LogP contribution in [0.3, 0.4) is 0 Å². The fraction of sp³-hybridized carbons (Fsp3) is 0.700. The van der Waals surface area contributed by atoms with Crippen LogP contribution in [-0.4, -0.2) is 34.4 Å². The smallest absolute Gasteiger partial charge is 0.245 e. The summed E-state index contributed by atoms with van der Waals surface area (Å²) in [5, 5.41) is 0. The minimum Gasteiger partial charge on any atom is -0.338 e. The Labute approximate surface area is 84.4 Å². The molecule has 3 heteroatoms. The van der Waals surface area contributed by atoms with Gasteiger partial charge < -0.3 is 4.90 Å². The standard InChI is InChI=1S/C10H17NOS/c1-4-9(12)11-6-5-10(2,3)13-8-7-11/h4H,1,5-8H2,2-3H3. The Hall–Kier alpha value is -0.440. The first-order valence-corrected chi connectivity index (χ1v) is 5.59. The predicted molar refractivity (Wildman–Crippen MR) is 57.9 cm³/mol. The molecule has 1 rings (SSSR count). The number of carbonyl (C=O) groups excluding carboxylic acids is 1. The van der Waals surface area contributed by atoms with E-state index in [0.717, 1.165) is 25.3 Å². The highest BCUT2D eigenvalue weighted by Gasteiger charge is 2.24. The average Bonchev–Trinajstić information content (AvgIpc) is 2.25. The fourth-order valence-electron chi connectivity index (χ4n) is 1.37. The molecule has 0 radical (unpaired) electrons. The molecule has 0 saturated carbocycles. The van der Waals surface area contributed by atoms with E-state index in [2.05, 4.69) is 20.4 Å². The van der Waals surface area contributed by atoms with Gasteiger partial charge in [-0.2, -0.15) is 11.8 Å². The Morgan fingerprint density at radius 2 is 2.23 bits per heavy atom. The molecule has 0 unspecified atom stereocenters. The molecule has 13 heavy (non-hydrogen) atoms. The van der Waals surface area contributed by atoms with Gasteiger partial charge in [0.25, 0.3) is 0 Å². The van der Waals surface area contributed by atoms with Gasteiger partial charge >= 0.3 is 0 Å². The maximum absolute atomic E-state index is 11.3. The fourth-order valence-corrected chi connectivity index (χ4v) is 2.47. The minimum absolute atomic E-state index is 0.0679. The van der Waals surface area contributed by atoms with E-state index in [1.807, 2.05) is 16.7 Å². The van der Waals surface area contributed by atoms with Gasteiger partial charge in [-0.15, -0.1) is 0 Å². The summed E-state index contributed by atoms with van der Waals surface area (Å²) >= 11 is 1.94. The first kappa shape index (κ1) is 10.6. The lowest BCUT2D eigenvalue weighted by atomic mass is 10.1. The molecule has 0 atom stereocenters. The van der Waals surface area contributed by atoms with Gasteiger partial charge in [0.2, 0.25) is 5.91 Å². The van der Waals surface area contributed by atoms with Crippen molar-refractivity contribution < 1.29 is 4.79 Å². The Morgan fingerprint density at radius 1 is 1.54 bits per heavy atom. The van der Waals surface area contributed by atoms with Gasteiger partial charge in [0.05, 0.1) is 0 Å². The van der Waals surface area contributed by atoms with Gasteiger partial charge in [-0.25, -0.2) is 0 Å². The summed E-state index contributed by atoms with van der Waals surface area (Å²) in [4.78, 5) is 13.2. The van der Waals surface area contributed by atoms with Crippen LogP contribution >= 0.6 is 11.8 Å². The molecular formula is C10H17NOS. The lowest BCUT2D eigenvalue weighted by molar-refractivity contribution is -0.125. The van der Waals surface area contributed by atoms with E-state index in [4.69, 9.17) is 0 Å². The third-order valence-electron chi connectivity index (χ3n) is 2.32. The molecule has 1 amide bonds. The Morgan fingerprint density at radius 3 is 2.85 bits per heavy atom. The van der Waals surface area contributed by atoms with Crippen molar-refractivity contribution in [2.75, 3.05) is 18.8 Å². The zero-order valence-electron chi connectivity index (χ0n) is 8.38. The van der Waals surface area contributed by atoms with E-state index < -0.39 is 0 Å². The summed E-state index contributed by atoms with van der Waals surface area (Å²) < 4.78 is 0.316. The molecule has 0 bridgehead atoms. The summed E-state index contributed by atoms with van der Waals surface area (Å²) in [5.74, 6) is 1.10. The number of carbonyl (C=O) groups is 1. The number of hydrogen-bond acceptors (Lipinski definition) is 2. The number of thioether (sulfide) groups is 1. The van der Waals surface area contributed by atoms with Gasteiger partial charge in [0.15, 0.2) is 0 Å². The maximum atomic E-state index is 11.3. The molecule has 2 nitrogen and oxygen atoms in total. The van der Waals surface area contributed by atoms with E-state index in [9.17, 15) is 4.79 Å². The molecule has 1 aliphatic heterocycles. The number of nitrogens with zero attached hydrogens (tertiary/aromatic N) is 1. The van der Waals surface area contributed by atoms with Gasteiger partial charge in [-0.05, 0) is 12.5 Å². The lowest BCUT2D eigenvalue weighted by Gasteiger charge is -2.21. The quantitative estimate of drug-likeness (QED) is 0.601. The SMILES string of the molecule is C=CC(=O)N1CCSC(C)(C)CC1. The topological polar surface area (TPSA) is 20.3 Å². The van der Waals surface area contributed by atoms with Gasteiger partial charge in [0.1, 0.15) is 0 Å². The molecule has 0 aromatic carbocycles. The molecule has 0 aliphatic carbocycles. The minimum atomic E-state index is 0.0679. The van der Waals surface area contributed by atoms with Crippen molar-refractivity contribution in [1.29, 1.82) is 0 Å². The highest BCUT2D eigenvalue weighted by molar-refractivity contribution is 8.00. The molecular weight excluding hydrogens is 182 g/mol. The van der Waals surface area contributed by atoms with Crippen LogP contribution in [0.5, 0.6) is 0 Å². The summed E-state index contributed by atoms with van der Waals surface area (Å²) in [6.45, 7) is 9.70. The van der Waals surface area contributed by atoms with Crippen molar-refractivity contribution in [1.82, 2.24) is 4.90 Å². The zero-order valence-corrected chi connectivity index (χ0v) is 9.19. The van der Waals surface area contributed by atoms with Gasteiger partial charge in [0, 0.05) is 23.6 Å². The van der Waals surface area contributed by atoms with Crippen molar-refractivity contribution in [3.05, 3.63) is 12.7 Å². The zero-order chi connectivity index (χ0) is 9.90. The first-order chi connectivity index (χ1) is 6.05. The van der Waals surface area contributed by atoms with Crippen LogP contribution in [0.15, 0.2) is 12.7 Å². The van der Waals surface area contributed by atoms with E-state index in [0.29, 0.717) is 4.75 Å². The summed E-state index contributed by atoms with van der Waals surface area (Å²) in [5.41, 5.74) is 0. The second kappa shape index (κ2) is 4.18. The van der Waals surface area contributed by atoms with Crippen molar-refractivity contribution in [2.45, 2.75) is 25.0 Å². The highest BCUT2D eigenvalue weighted by atomic mass is 32.2. The molecule has 1 fully saturated rings. The summed E-state index contributed by atoms with van der Waals surface area (Å²) in [6, 6.07) is 0. The van der Waals surface area contributed by atoms with Crippen LogP contribution in [-0.2, 0) is 4.79 Å². The predicted octanol–water partition coefficient (Wildman–Crippen LogP) is 1.92.